The summed E-state index contributed by atoms with van der Waals surface area (Å²) in [6.45, 7) is 4.50. The average Bonchev–Trinajstić information content (AvgIpc) is 2.49. The van der Waals surface area contributed by atoms with Crippen LogP contribution >= 0.6 is 0 Å². The first-order chi connectivity index (χ1) is 10.7. The van der Waals surface area contributed by atoms with Crippen LogP contribution in [-0.4, -0.2) is 22.4 Å². The zero-order valence-electron chi connectivity index (χ0n) is 12.9. The first-order valence-corrected chi connectivity index (χ1v) is 7.39. The number of hydrogen-bond donors (Lipinski definition) is 3. The molecule has 0 unspecified atom stereocenters. The van der Waals surface area contributed by atoms with Gasteiger partial charge in [0.05, 0.1) is 0 Å². The molecule has 0 spiro atoms. The van der Waals surface area contributed by atoms with E-state index in [0.717, 1.165) is 36.6 Å². The minimum atomic E-state index is -0.0840. The average molecular weight is 299 g/mol. The van der Waals surface area contributed by atoms with E-state index in [1.54, 1.807) is 6.20 Å². The Morgan fingerprint density at radius 1 is 1.14 bits per heavy atom. The predicted molar refractivity (Wildman–Crippen MR) is 89.5 cm³/mol. The van der Waals surface area contributed by atoms with E-state index in [9.17, 15) is 4.79 Å². The smallest absolute Gasteiger partial charge is 0.224 e. The number of carbonyl (C=O) groups is 1. The van der Waals surface area contributed by atoms with Crippen LogP contribution in [0.15, 0.2) is 36.5 Å². The molecule has 0 aliphatic rings. The van der Waals surface area contributed by atoms with Crippen LogP contribution in [0.4, 0.5) is 23.1 Å². The van der Waals surface area contributed by atoms with E-state index in [0.29, 0.717) is 5.95 Å². The number of aromatic nitrogens is 2. The van der Waals surface area contributed by atoms with Gasteiger partial charge < -0.3 is 16.0 Å². The molecule has 1 aromatic carbocycles. The lowest BCUT2D eigenvalue weighted by atomic mass is 10.2. The Balaban J connectivity index is 1.97. The molecule has 6 heteroatoms. The molecule has 0 fully saturated rings. The van der Waals surface area contributed by atoms with Gasteiger partial charge in [0.2, 0.25) is 11.9 Å². The van der Waals surface area contributed by atoms with E-state index in [-0.39, 0.29) is 5.91 Å². The van der Waals surface area contributed by atoms with Crippen LogP contribution in [0.5, 0.6) is 0 Å². The third kappa shape index (κ3) is 5.05. The van der Waals surface area contributed by atoms with Crippen molar-refractivity contribution in [2.24, 2.45) is 0 Å². The number of amides is 1. The molecule has 1 aromatic heterocycles. The number of nitrogens with one attached hydrogen (secondary N) is 3. The summed E-state index contributed by atoms with van der Waals surface area (Å²) in [6, 6.07) is 9.26. The number of hydrogen-bond acceptors (Lipinski definition) is 5. The van der Waals surface area contributed by atoms with E-state index in [1.165, 1.54) is 6.92 Å². The molecule has 22 heavy (non-hydrogen) atoms. The highest BCUT2D eigenvalue weighted by Gasteiger charge is 2.00. The highest BCUT2D eigenvalue weighted by atomic mass is 16.1. The largest absolute Gasteiger partial charge is 0.354 e. The maximum absolute atomic E-state index is 11.0. The second-order valence-electron chi connectivity index (χ2n) is 4.93. The monoisotopic (exact) mass is 299 g/mol. The van der Waals surface area contributed by atoms with Gasteiger partial charge in [-0.15, -0.1) is 0 Å². The van der Waals surface area contributed by atoms with E-state index >= 15 is 0 Å². The van der Waals surface area contributed by atoms with Crippen molar-refractivity contribution in [1.82, 2.24) is 9.97 Å². The zero-order chi connectivity index (χ0) is 15.8. The Morgan fingerprint density at radius 2 is 1.86 bits per heavy atom. The van der Waals surface area contributed by atoms with Crippen LogP contribution in [-0.2, 0) is 4.79 Å². The summed E-state index contributed by atoms with van der Waals surface area (Å²) < 4.78 is 0. The maximum atomic E-state index is 11.0. The van der Waals surface area contributed by atoms with Gasteiger partial charge in [-0.3, -0.25) is 4.79 Å². The van der Waals surface area contributed by atoms with Gasteiger partial charge in [-0.1, -0.05) is 13.3 Å². The van der Waals surface area contributed by atoms with Crippen molar-refractivity contribution in [1.29, 1.82) is 0 Å². The van der Waals surface area contributed by atoms with E-state index in [1.807, 2.05) is 30.3 Å². The normalized spacial score (nSPS) is 10.1. The molecule has 0 aliphatic heterocycles. The number of anilines is 4. The van der Waals surface area contributed by atoms with Crippen LogP contribution in [0.25, 0.3) is 0 Å². The van der Waals surface area contributed by atoms with Crippen molar-refractivity contribution in [2.45, 2.75) is 26.7 Å². The van der Waals surface area contributed by atoms with E-state index in [2.05, 4.69) is 32.8 Å². The van der Waals surface area contributed by atoms with Gasteiger partial charge in [-0.2, -0.15) is 4.98 Å². The number of nitrogens with zero attached hydrogens (tertiary/aromatic N) is 2. The minimum Gasteiger partial charge on any atom is -0.354 e. The molecule has 0 atom stereocenters. The van der Waals surface area contributed by atoms with Crippen molar-refractivity contribution in [3.05, 3.63) is 36.5 Å². The molecule has 1 amide bonds. The molecule has 6 nitrogen and oxygen atoms in total. The summed E-state index contributed by atoms with van der Waals surface area (Å²) in [5.74, 6) is 1.26. The van der Waals surface area contributed by atoms with Crippen molar-refractivity contribution >= 4 is 29.0 Å². The summed E-state index contributed by atoms with van der Waals surface area (Å²) in [7, 11) is 0. The predicted octanol–water partition coefficient (Wildman–Crippen LogP) is 3.39. The Bertz CT molecular complexity index is 612. The van der Waals surface area contributed by atoms with Crippen molar-refractivity contribution < 1.29 is 4.79 Å². The summed E-state index contributed by atoms with van der Waals surface area (Å²) >= 11 is 0. The van der Waals surface area contributed by atoms with Crippen LogP contribution < -0.4 is 16.0 Å². The molecule has 1 heterocycles. The van der Waals surface area contributed by atoms with Crippen LogP contribution in [0, 0.1) is 0 Å². The number of benzene rings is 1. The van der Waals surface area contributed by atoms with Crippen molar-refractivity contribution in [3.8, 4) is 0 Å². The second kappa shape index (κ2) is 7.97. The van der Waals surface area contributed by atoms with Gasteiger partial charge in [0.1, 0.15) is 5.82 Å². The highest BCUT2D eigenvalue weighted by molar-refractivity contribution is 5.88. The quantitative estimate of drug-likeness (QED) is 0.683. The fourth-order valence-corrected chi connectivity index (χ4v) is 1.88. The van der Waals surface area contributed by atoms with Crippen LogP contribution in [0.2, 0.25) is 0 Å². The fraction of sp³-hybridized carbons (Fsp3) is 0.312. The van der Waals surface area contributed by atoms with E-state index in [4.69, 9.17) is 0 Å². The summed E-state index contributed by atoms with van der Waals surface area (Å²) in [5, 5.41) is 9.14. The Hall–Kier alpha value is -2.63. The van der Waals surface area contributed by atoms with Crippen molar-refractivity contribution in [2.75, 3.05) is 22.5 Å². The molecule has 2 rings (SSSR count). The molecular weight excluding hydrogens is 278 g/mol. The number of unbranched alkanes of at least 4 members (excludes halogenated alkanes) is 1. The SMILES string of the molecule is CCCCNc1nccc(Nc2ccc(NC(C)=O)cc2)n1. The van der Waals surface area contributed by atoms with Gasteiger partial charge in [0.15, 0.2) is 0 Å². The molecule has 0 bridgehead atoms. The summed E-state index contributed by atoms with van der Waals surface area (Å²) in [6.07, 6.45) is 3.94. The Kier molecular flexibility index (Phi) is 5.71. The second-order valence-corrected chi connectivity index (χ2v) is 4.93. The Labute approximate surface area is 130 Å². The van der Waals surface area contributed by atoms with Crippen LogP contribution in [0.1, 0.15) is 26.7 Å². The van der Waals surface area contributed by atoms with Gasteiger partial charge >= 0.3 is 0 Å². The third-order valence-electron chi connectivity index (χ3n) is 2.95. The lowest BCUT2D eigenvalue weighted by Gasteiger charge is -2.09. The molecule has 3 N–H and O–H groups in total. The first-order valence-electron chi connectivity index (χ1n) is 7.39. The van der Waals surface area contributed by atoms with Gasteiger partial charge in [0, 0.05) is 31.0 Å². The maximum Gasteiger partial charge on any atom is 0.224 e. The van der Waals surface area contributed by atoms with Crippen molar-refractivity contribution in [3.63, 3.8) is 0 Å². The number of rotatable bonds is 7. The lowest BCUT2D eigenvalue weighted by Crippen LogP contribution is -2.06. The summed E-state index contributed by atoms with van der Waals surface area (Å²) in [4.78, 5) is 19.6. The van der Waals surface area contributed by atoms with E-state index < -0.39 is 0 Å². The summed E-state index contributed by atoms with van der Waals surface area (Å²) in [5.41, 5.74) is 1.66. The molecule has 0 saturated carbocycles. The molecule has 116 valence electrons. The third-order valence-corrected chi connectivity index (χ3v) is 2.95. The molecular formula is C16H21N5O. The molecule has 2 aromatic rings. The highest BCUT2D eigenvalue weighted by Crippen LogP contribution is 2.18. The van der Waals surface area contributed by atoms with Gasteiger partial charge in [0.25, 0.3) is 0 Å². The molecule has 0 aliphatic carbocycles. The lowest BCUT2D eigenvalue weighted by molar-refractivity contribution is -0.114. The fourth-order valence-electron chi connectivity index (χ4n) is 1.88. The standard InChI is InChI=1S/C16H21N5O/c1-3-4-10-17-16-18-11-9-15(21-16)20-14-7-5-13(6-8-14)19-12(2)22/h5-9,11H,3-4,10H2,1-2H3,(H,19,22)(H2,17,18,20,21). The number of carbonyl (C=O) groups excluding carboxylic acids is 1. The van der Waals surface area contributed by atoms with Crippen LogP contribution in [0.3, 0.4) is 0 Å². The van der Waals surface area contributed by atoms with Gasteiger partial charge in [-0.25, -0.2) is 4.98 Å². The molecule has 0 saturated heterocycles. The zero-order valence-corrected chi connectivity index (χ0v) is 12.9. The molecule has 0 radical (unpaired) electrons. The topological polar surface area (TPSA) is 78.9 Å². The first kappa shape index (κ1) is 15.8. The Morgan fingerprint density at radius 3 is 2.55 bits per heavy atom. The van der Waals surface area contributed by atoms with Gasteiger partial charge in [-0.05, 0) is 36.8 Å². The minimum absolute atomic E-state index is 0.0840.